The van der Waals surface area contributed by atoms with Crippen molar-refractivity contribution in [3.05, 3.63) is 63.9 Å². The molecule has 3 rings (SSSR count). The Morgan fingerprint density at radius 1 is 1.04 bits per heavy atom. The third kappa shape index (κ3) is 5.92. The minimum Gasteiger partial charge on any atom is -0.393 e. The SMILES string of the molecule is O=C(NC(=NC1CCC(O)CC1)Nc1cc(F)cc(Cl)c1)c1ccc(Cl)cc1. The van der Waals surface area contributed by atoms with Gasteiger partial charge in [0.2, 0.25) is 5.96 Å². The summed E-state index contributed by atoms with van der Waals surface area (Å²) in [5.74, 6) is -0.677. The Hall–Kier alpha value is -2.15. The Bertz CT molecular complexity index is 846. The van der Waals surface area contributed by atoms with E-state index in [1.165, 1.54) is 12.1 Å². The molecule has 2 aromatic rings. The number of aliphatic imine (C=N–C) groups is 1. The fraction of sp³-hybridized carbons (Fsp3) is 0.300. The van der Waals surface area contributed by atoms with Crippen LogP contribution in [0.25, 0.3) is 0 Å². The molecule has 0 spiro atoms. The molecule has 1 fully saturated rings. The predicted molar refractivity (Wildman–Crippen MR) is 110 cm³/mol. The molecule has 0 aliphatic heterocycles. The number of hydrogen-bond donors (Lipinski definition) is 3. The van der Waals surface area contributed by atoms with E-state index in [1.807, 2.05) is 0 Å². The lowest BCUT2D eigenvalue weighted by atomic mass is 9.94. The summed E-state index contributed by atoms with van der Waals surface area (Å²) in [5, 5.41) is 16.1. The van der Waals surface area contributed by atoms with Gasteiger partial charge in [0.05, 0.1) is 12.1 Å². The number of amides is 1. The molecule has 2 aromatic carbocycles. The number of aliphatic hydroxyl groups is 1. The van der Waals surface area contributed by atoms with Gasteiger partial charge in [0, 0.05) is 21.3 Å². The van der Waals surface area contributed by atoms with Crippen LogP contribution in [0.4, 0.5) is 10.1 Å². The normalized spacial score (nSPS) is 19.9. The quantitative estimate of drug-likeness (QED) is 0.497. The highest BCUT2D eigenvalue weighted by Crippen LogP contribution is 2.22. The smallest absolute Gasteiger partial charge is 0.257 e. The summed E-state index contributed by atoms with van der Waals surface area (Å²) >= 11 is 11.8. The third-order valence-electron chi connectivity index (χ3n) is 4.44. The fourth-order valence-electron chi connectivity index (χ4n) is 3.01. The van der Waals surface area contributed by atoms with Gasteiger partial charge in [-0.05, 0) is 68.1 Å². The minimum atomic E-state index is -0.501. The monoisotopic (exact) mass is 423 g/mol. The second kappa shape index (κ2) is 9.37. The van der Waals surface area contributed by atoms with Crippen molar-refractivity contribution in [1.82, 2.24) is 5.32 Å². The van der Waals surface area contributed by atoms with E-state index in [4.69, 9.17) is 23.2 Å². The molecule has 1 saturated carbocycles. The lowest BCUT2D eigenvalue weighted by molar-refractivity contribution is 0.0976. The summed E-state index contributed by atoms with van der Waals surface area (Å²) in [6.45, 7) is 0. The summed E-state index contributed by atoms with van der Waals surface area (Å²) in [6.07, 6.45) is 2.39. The second-order valence-corrected chi connectivity index (χ2v) is 7.56. The van der Waals surface area contributed by atoms with E-state index in [9.17, 15) is 14.3 Å². The Morgan fingerprint density at radius 3 is 2.36 bits per heavy atom. The first-order valence-electron chi connectivity index (χ1n) is 8.95. The lowest BCUT2D eigenvalue weighted by Gasteiger charge is -2.23. The predicted octanol–water partition coefficient (Wildman–Crippen LogP) is 4.63. The molecule has 1 aliphatic rings. The topological polar surface area (TPSA) is 73.7 Å². The highest BCUT2D eigenvalue weighted by atomic mass is 35.5. The first kappa shape index (κ1) is 20.6. The average Bonchev–Trinajstić information content (AvgIpc) is 2.63. The average molecular weight is 424 g/mol. The van der Waals surface area contributed by atoms with Crippen LogP contribution < -0.4 is 10.6 Å². The van der Waals surface area contributed by atoms with Gasteiger partial charge in [-0.1, -0.05) is 23.2 Å². The summed E-state index contributed by atoms with van der Waals surface area (Å²) in [5.41, 5.74) is 0.784. The number of guanidine groups is 1. The van der Waals surface area contributed by atoms with E-state index < -0.39 is 5.82 Å². The van der Waals surface area contributed by atoms with E-state index in [0.717, 1.165) is 0 Å². The van der Waals surface area contributed by atoms with Crippen LogP contribution in [0, 0.1) is 5.82 Å². The maximum atomic E-state index is 13.7. The zero-order valence-corrected chi connectivity index (χ0v) is 16.5. The van der Waals surface area contributed by atoms with Crippen molar-refractivity contribution in [2.24, 2.45) is 4.99 Å². The molecule has 1 amide bonds. The summed E-state index contributed by atoms with van der Waals surface area (Å²) < 4.78 is 13.7. The molecule has 5 nitrogen and oxygen atoms in total. The molecule has 148 valence electrons. The van der Waals surface area contributed by atoms with Gasteiger partial charge >= 0.3 is 0 Å². The molecular weight excluding hydrogens is 404 g/mol. The number of carbonyl (C=O) groups is 1. The Kier molecular flexibility index (Phi) is 6.88. The highest BCUT2D eigenvalue weighted by molar-refractivity contribution is 6.31. The Morgan fingerprint density at radius 2 is 1.71 bits per heavy atom. The van der Waals surface area contributed by atoms with Crippen LogP contribution in [0.3, 0.4) is 0 Å². The zero-order valence-electron chi connectivity index (χ0n) is 15.0. The van der Waals surface area contributed by atoms with E-state index in [0.29, 0.717) is 42.0 Å². The number of benzene rings is 2. The van der Waals surface area contributed by atoms with Gasteiger partial charge in [0.1, 0.15) is 5.82 Å². The van der Waals surface area contributed by atoms with Gasteiger partial charge in [-0.15, -0.1) is 0 Å². The number of rotatable bonds is 3. The van der Waals surface area contributed by atoms with Crippen molar-refractivity contribution in [1.29, 1.82) is 0 Å². The molecule has 3 N–H and O–H groups in total. The van der Waals surface area contributed by atoms with Crippen LogP contribution >= 0.6 is 23.2 Å². The third-order valence-corrected chi connectivity index (χ3v) is 4.91. The maximum absolute atomic E-state index is 13.7. The molecule has 0 radical (unpaired) electrons. The minimum absolute atomic E-state index is 0.0551. The molecule has 0 bridgehead atoms. The largest absolute Gasteiger partial charge is 0.393 e. The van der Waals surface area contributed by atoms with Crippen molar-refractivity contribution >= 4 is 40.8 Å². The molecule has 0 atom stereocenters. The van der Waals surface area contributed by atoms with Gasteiger partial charge in [-0.3, -0.25) is 10.1 Å². The zero-order chi connectivity index (χ0) is 20.1. The number of anilines is 1. The van der Waals surface area contributed by atoms with Crippen LogP contribution in [0.1, 0.15) is 36.0 Å². The molecule has 1 aliphatic carbocycles. The summed E-state index contributed by atoms with van der Waals surface area (Å²) in [4.78, 5) is 17.1. The summed E-state index contributed by atoms with van der Waals surface area (Å²) in [7, 11) is 0. The first-order chi connectivity index (χ1) is 13.4. The standard InChI is InChI=1S/C20H20Cl2FN3O2/c21-13-3-1-12(2-4-13)19(28)26-20(24-16-5-7-18(27)8-6-16)25-17-10-14(22)9-15(23)11-17/h1-4,9-11,16,18,27H,5-8H2,(H2,24,25,26,28). The van der Waals surface area contributed by atoms with E-state index >= 15 is 0 Å². The number of carbonyl (C=O) groups excluding carboxylic acids is 1. The molecule has 0 saturated heterocycles. The number of aliphatic hydroxyl groups excluding tert-OH is 1. The Labute approximate surface area is 172 Å². The van der Waals surface area contributed by atoms with Crippen LogP contribution in [0.15, 0.2) is 47.5 Å². The van der Waals surface area contributed by atoms with Gasteiger partial charge in [-0.2, -0.15) is 0 Å². The number of hydrogen-bond acceptors (Lipinski definition) is 3. The molecular formula is C20H20Cl2FN3O2. The van der Waals surface area contributed by atoms with Crippen molar-refractivity contribution < 1.29 is 14.3 Å². The van der Waals surface area contributed by atoms with E-state index in [1.54, 1.807) is 30.3 Å². The maximum Gasteiger partial charge on any atom is 0.257 e. The van der Waals surface area contributed by atoms with Crippen molar-refractivity contribution in [3.8, 4) is 0 Å². The number of nitrogens with one attached hydrogen (secondary N) is 2. The van der Waals surface area contributed by atoms with Crippen LogP contribution in [-0.2, 0) is 0 Å². The number of halogens is 3. The summed E-state index contributed by atoms with van der Waals surface area (Å²) in [6, 6.07) is 10.4. The van der Waals surface area contributed by atoms with Crippen LogP contribution in [0.5, 0.6) is 0 Å². The fourth-order valence-corrected chi connectivity index (χ4v) is 3.36. The van der Waals surface area contributed by atoms with Crippen molar-refractivity contribution in [2.75, 3.05) is 5.32 Å². The molecule has 28 heavy (non-hydrogen) atoms. The van der Waals surface area contributed by atoms with Crippen molar-refractivity contribution in [3.63, 3.8) is 0 Å². The van der Waals surface area contributed by atoms with Crippen LogP contribution in [0.2, 0.25) is 10.0 Å². The van der Waals surface area contributed by atoms with E-state index in [-0.39, 0.29) is 29.0 Å². The molecule has 0 unspecified atom stereocenters. The molecule has 0 heterocycles. The molecule has 8 heteroatoms. The van der Waals surface area contributed by atoms with Gasteiger partial charge in [0.15, 0.2) is 0 Å². The van der Waals surface area contributed by atoms with Crippen LogP contribution in [-0.4, -0.2) is 29.1 Å². The van der Waals surface area contributed by atoms with Crippen molar-refractivity contribution in [2.45, 2.75) is 37.8 Å². The molecule has 0 aromatic heterocycles. The van der Waals surface area contributed by atoms with Gasteiger partial charge in [0.25, 0.3) is 5.91 Å². The first-order valence-corrected chi connectivity index (χ1v) is 9.70. The Balaban J connectivity index is 1.80. The van der Waals surface area contributed by atoms with E-state index in [2.05, 4.69) is 15.6 Å². The van der Waals surface area contributed by atoms with Gasteiger partial charge in [-0.25, -0.2) is 9.38 Å². The highest BCUT2D eigenvalue weighted by Gasteiger charge is 2.20. The lowest BCUT2D eigenvalue weighted by Crippen LogP contribution is -2.37. The van der Waals surface area contributed by atoms with Gasteiger partial charge < -0.3 is 10.4 Å². The number of nitrogens with zero attached hydrogens (tertiary/aromatic N) is 1. The second-order valence-electron chi connectivity index (χ2n) is 6.68.